The molecule has 0 aliphatic rings. The zero-order valence-corrected chi connectivity index (χ0v) is 3.99. The van der Waals surface area contributed by atoms with E-state index in [2.05, 4.69) is 6.58 Å². The molecule has 0 aromatic carbocycles. The summed E-state index contributed by atoms with van der Waals surface area (Å²) < 4.78 is 23.2. The second-order valence-electron chi connectivity index (χ2n) is 1.03. The summed E-state index contributed by atoms with van der Waals surface area (Å²) in [6.45, 7) is 2.61. The lowest BCUT2D eigenvalue weighted by atomic mass is 10.4. The van der Waals surface area contributed by atoms with Crippen LogP contribution in [0, 0.1) is 11.3 Å². The van der Waals surface area contributed by atoms with Gasteiger partial charge in [-0.1, -0.05) is 6.58 Å². The first-order valence-corrected chi connectivity index (χ1v) is 1.78. The van der Waals surface area contributed by atoms with Crippen LogP contribution in [0.3, 0.4) is 0 Å². The fourth-order valence-corrected chi connectivity index (χ4v) is 0.135. The summed E-state index contributed by atoms with van der Waals surface area (Å²) >= 11 is 0. The molecule has 3 heteroatoms. The summed E-state index contributed by atoms with van der Waals surface area (Å²) in [5, 5.41) is 7.71. The third-order valence-corrected chi connectivity index (χ3v) is 0.450. The van der Waals surface area contributed by atoms with Gasteiger partial charge in [-0.25, -0.2) is 8.78 Å². The lowest BCUT2D eigenvalue weighted by Crippen LogP contribution is -1.68. The van der Waals surface area contributed by atoms with Gasteiger partial charge in [0.2, 0.25) is 0 Å². The first-order chi connectivity index (χ1) is 3.68. The topological polar surface area (TPSA) is 23.8 Å². The van der Waals surface area contributed by atoms with Crippen molar-refractivity contribution in [1.82, 2.24) is 0 Å². The molecule has 0 fully saturated rings. The Bertz CT molecular complexity index is 164. The minimum absolute atomic E-state index is 0.447. The van der Waals surface area contributed by atoms with Crippen molar-refractivity contribution in [1.29, 1.82) is 5.26 Å². The molecule has 8 heavy (non-hydrogen) atoms. The van der Waals surface area contributed by atoms with Crippen molar-refractivity contribution in [2.45, 2.75) is 0 Å². The predicted molar refractivity (Wildman–Crippen MR) is 25.1 cm³/mol. The summed E-state index contributed by atoms with van der Waals surface area (Å²) in [5.74, 6) is -2.43. The maximum absolute atomic E-state index is 11.7. The third kappa shape index (κ3) is 2.08. The molecule has 0 rings (SSSR count). The third-order valence-electron chi connectivity index (χ3n) is 0.450. The molecule has 0 aliphatic carbocycles. The van der Waals surface area contributed by atoms with Crippen LogP contribution in [0.15, 0.2) is 24.3 Å². The molecule has 0 aromatic heterocycles. The van der Waals surface area contributed by atoms with E-state index >= 15 is 0 Å². The van der Waals surface area contributed by atoms with Crippen molar-refractivity contribution in [2.24, 2.45) is 0 Å². The molecule has 0 saturated carbocycles. The summed E-state index contributed by atoms with van der Waals surface area (Å²) in [5.41, 5.74) is 0. The molecular formula is C5H3F2N. The molecule has 0 radical (unpaired) electrons. The molecule has 0 unspecified atom stereocenters. The molecule has 0 aliphatic heterocycles. The van der Waals surface area contributed by atoms with E-state index in [0.717, 1.165) is 0 Å². The van der Waals surface area contributed by atoms with Crippen molar-refractivity contribution < 1.29 is 8.78 Å². The van der Waals surface area contributed by atoms with E-state index in [1.54, 1.807) is 0 Å². The minimum atomic E-state index is -1.22. The molecule has 0 atom stereocenters. The average molecular weight is 115 g/mol. The number of nitrogens with zero attached hydrogens (tertiary/aromatic N) is 1. The molecule has 0 spiro atoms. The van der Waals surface area contributed by atoms with E-state index < -0.39 is 11.7 Å². The lowest BCUT2D eigenvalue weighted by molar-refractivity contribution is 0.548. The van der Waals surface area contributed by atoms with E-state index in [1.165, 1.54) is 6.07 Å². The zero-order chi connectivity index (χ0) is 6.57. The molecule has 0 aromatic rings. The number of nitriles is 1. The second-order valence-corrected chi connectivity index (χ2v) is 1.03. The fourth-order valence-electron chi connectivity index (χ4n) is 0.135. The molecule has 0 N–H and O–H groups in total. The number of allylic oxidation sites excluding steroid dienone is 3. The zero-order valence-electron chi connectivity index (χ0n) is 3.99. The van der Waals surface area contributed by atoms with Crippen LogP contribution in [0.5, 0.6) is 0 Å². The predicted octanol–water partition coefficient (Wildman–Crippen LogP) is 1.85. The van der Waals surface area contributed by atoms with E-state index in [-0.39, 0.29) is 0 Å². The van der Waals surface area contributed by atoms with Crippen LogP contribution in [0.2, 0.25) is 0 Å². The Labute approximate surface area is 45.5 Å². The fraction of sp³-hybridized carbons (Fsp3) is 0. The highest BCUT2D eigenvalue weighted by molar-refractivity contribution is 5.21. The Morgan fingerprint density at radius 2 is 2.12 bits per heavy atom. The van der Waals surface area contributed by atoms with E-state index in [9.17, 15) is 8.78 Å². The summed E-state index contributed by atoms with van der Waals surface area (Å²) in [6, 6.07) is 1.31. The highest BCUT2D eigenvalue weighted by atomic mass is 19.2. The SMILES string of the molecule is C=C(F)/C(F)=C/C#N. The van der Waals surface area contributed by atoms with E-state index in [1.807, 2.05) is 0 Å². The van der Waals surface area contributed by atoms with Gasteiger partial charge in [-0.05, 0) is 0 Å². The standard InChI is InChI=1S/C5H3F2N/c1-4(6)5(7)2-3-8/h2H,1H2/b5-2-. The first-order valence-electron chi connectivity index (χ1n) is 1.78. The second kappa shape index (κ2) is 2.92. The quantitative estimate of drug-likeness (QED) is 0.378. The van der Waals surface area contributed by atoms with Gasteiger partial charge in [0.05, 0.1) is 12.1 Å². The molecule has 0 saturated heterocycles. The monoisotopic (exact) mass is 115 g/mol. The highest BCUT2D eigenvalue weighted by Gasteiger charge is 1.95. The van der Waals surface area contributed by atoms with Gasteiger partial charge < -0.3 is 0 Å². The number of hydrogen-bond donors (Lipinski definition) is 0. The summed E-state index contributed by atoms with van der Waals surface area (Å²) in [7, 11) is 0. The van der Waals surface area contributed by atoms with Crippen molar-refractivity contribution >= 4 is 0 Å². The highest BCUT2D eigenvalue weighted by Crippen LogP contribution is 2.07. The van der Waals surface area contributed by atoms with Gasteiger partial charge in [0.25, 0.3) is 0 Å². The van der Waals surface area contributed by atoms with Crippen molar-refractivity contribution in [3.05, 3.63) is 24.3 Å². The van der Waals surface area contributed by atoms with Crippen LogP contribution in [0.1, 0.15) is 0 Å². The Hall–Kier alpha value is -1.17. The van der Waals surface area contributed by atoms with Crippen LogP contribution < -0.4 is 0 Å². The molecule has 1 nitrogen and oxygen atoms in total. The van der Waals surface area contributed by atoms with Gasteiger partial charge in [-0.3, -0.25) is 0 Å². The molecule has 0 heterocycles. The van der Waals surface area contributed by atoms with Gasteiger partial charge in [-0.15, -0.1) is 0 Å². The molecular weight excluding hydrogens is 112 g/mol. The Kier molecular flexibility index (Phi) is 2.49. The van der Waals surface area contributed by atoms with Gasteiger partial charge in [0, 0.05) is 0 Å². The average Bonchev–Trinajstić information content (AvgIpc) is 1.67. The van der Waals surface area contributed by atoms with Crippen LogP contribution in [-0.4, -0.2) is 0 Å². The number of rotatable bonds is 1. The summed E-state index contributed by atoms with van der Waals surface area (Å²) in [4.78, 5) is 0. The normalized spacial score (nSPS) is 10.4. The molecule has 0 amide bonds. The number of hydrogen-bond acceptors (Lipinski definition) is 1. The van der Waals surface area contributed by atoms with Gasteiger partial charge in [0.1, 0.15) is 0 Å². The van der Waals surface area contributed by atoms with E-state index in [4.69, 9.17) is 5.26 Å². The largest absolute Gasteiger partial charge is 0.204 e. The van der Waals surface area contributed by atoms with Gasteiger partial charge >= 0.3 is 0 Å². The lowest BCUT2D eigenvalue weighted by Gasteiger charge is -1.80. The number of halogens is 2. The van der Waals surface area contributed by atoms with Crippen molar-refractivity contribution in [3.8, 4) is 6.07 Å². The Morgan fingerprint density at radius 1 is 1.62 bits per heavy atom. The maximum Gasteiger partial charge on any atom is 0.168 e. The van der Waals surface area contributed by atoms with Crippen LogP contribution in [0.25, 0.3) is 0 Å². The van der Waals surface area contributed by atoms with Crippen molar-refractivity contribution in [2.75, 3.05) is 0 Å². The molecule has 42 valence electrons. The smallest absolute Gasteiger partial charge is 0.168 e. The maximum atomic E-state index is 11.7. The van der Waals surface area contributed by atoms with Crippen molar-refractivity contribution in [3.63, 3.8) is 0 Å². The van der Waals surface area contributed by atoms with Crippen LogP contribution in [-0.2, 0) is 0 Å². The first kappa shape index (κ1) is 6.83. The van der Waals surface area contributed by atoms with E-state index in [0.29, 0.717) is 6.08 Å². The van der Waals surface area contributed by atoms with Gasteiger partial charge in [0.15, 0.2) is 11.7 Å². The van der Waals surface area contributed by atoms with Crippen LogP contribution in [0.4, 0.5) is 8.78 Å². The Balaban J connectivity index is 4.06. The molecule has 0 bridgehead atoms. The summed E-state index contributed by atoms with van der Waals surface area (Å²) in [6.07, 6.45) is 0.447. The minimum Gasteiger partial charge on any atom is -0.204 e. The Morgan fingerprint density at radius 3 is 2.25 bits per heavy atom. The van der Waals surface area contributed by atoms with Gasteiger partial charge in [-0.2, -0.15) is 5.26 Å². The van der Waals surface area contributed by atoms with Crippen LogP contribution >= 0.6 is 0 Å².